The standard InChI is InChI=1S/C12H11F3N4S/c13-12(14,15)7-1-3-19(4-2-7)11-8(5-16)10(18)9(6-17)20-11/h7H,1-4,18H2. The third kappa shape index (κ3) is 2.52. The summed E-state index contributed by atoms with van der Waals surface area (Å²) in [6.07, 6.45) is -4.18. The number of hydrogen-bond acceptors (Lipinski definition) is 5. The highest BCUT2D eigenvalue weighted by atomic mass is 32.1. The maximum absolute atomic E-state index is 12.6. The molecule has 0 amide bonds. The highest BCUT2D eigenvalue weighted by molar-refractivity contribution is 7.17. The van der Waals surface area contributed by atoms with Gasteiger partial charge in [0.15, 0.2) is 0 Å². The minimum absolute atomic E-state index is 0.00589. The Morgan fingerprint density at radius 2 is 1.80 bits per heavy atom. The Morgan fingerprint density at radius 1 is 1.20 bits per heavy atom. The average Bonchev–Trinajstić information content (AvgIpc) is 2.74. The van der Waals surface area contributed by atoms with Crippen molar-refractivity contribution in [3.05, 3.63) is 10.4 Å². The molecular formula is C12H11F3N4S. The molecule has 106 valence electrons. The summed E-state index contributed by atoms with van der Waals surface area (Å²) < 4.78 is 37.8. The monoisotopic (exact) mass is 300 g/mol. The number of nitrogens with zero attached hydrogens (tertiary/aromatic N) is 3. The number of piperidine rings is 1. The summed E-state index contributed by atoms with van der Waals surface area (Å²) in [7, 11) is 0. The molecule has 0 spiro atoms. The molecule has 0 aromatic carbocycles. The van der Waals surface area contributed by atoms with Crippen LogP contribution in [0.5, 0.6) is 0 Å². The third-order valence-electron chi connectivity index (χ3n) is 3.38. The first-order chi connectivity index (χ1) is 9.38. The molecule has 0 unspecified atom stereocenters. The molecule has 0 bridgehead atoms. The first kappa shape index (κ1) is 14.5. The van der Waals surface area contributed by atoms with Gasteiger partial charge >= 0.3 is 6.18 Å². The van der Waals surface area contributed by atoms with E-state index in [1.807, 2.05) is 12.1 Å². The van der Waals surface area contributed by atoms with E-state index in [2.05, 4.69) is 0 Å². The fourth-order valence-corrected chi connectivity index (χ4v) is 3.28. The second-order valence-electron chi connectivity index (χ2n) is 4.55. The van der Waals surface area contributed by atoms with Gasteiger partial charge in [-0.15, -0.1) is 11.3 Å². The molecule has 1 saturated heterocycles. The van der Waals surface area contributed by atoms with Crippen LogP contribution in [0.25, 0.3) is 0 Å². The predicted octanol–water partition coefficient (Wildman–Crippen LogP) is 2.85. The van der Waals surface area contributed by atoms with Crippen molar-refractivity contribution in [1.82, 2.24) is 0 Å². The molecule has 20 heavy (non-hydrogen) atoms. The lowest BCUT2D eigenvalue weighted by molar-refractivity contribution is -0.179. The van der Waals surface area contributed by atoms with Gasteiger partial charge in [-0.25, -0.2) is 0 Å². The van der Waals surface area contributed by atoms with Crippen LogP contribution in [-0.4, -0.2) is 19.3 Å². The first-order valence-corrected chi connectivity index (χ1v) is 6.74. The number of anilines is 2. The van der Waals surface area contributed by atoms with Gasteiger partial charge in [0.2, 0.25) is 0 Å². The molecule has 2 rings (SSSR count). The maximum Gasteiger partial charge on any atom is 0.391 e. The van der Waals surface area contributed by atoms with Crippen molar-refractivity contribution in [3.63, 3.8) is 0 Å². The van der Waals surface area contributed by atoms with Crippen LogP contribution in [0.2, 0.25) is 0 Å². The van der Waals surface area contributed by atoms with E-state index in [0.29, 0.717) is 5.00 Å². The van der Waals surface area contributed by atoms with Crippen LogP contribution in [0.15, 0.2) is 0 Å². The molecule has 0 radical (unpaired) electrons. The maximum atomic E-state index is 12.6. The third-order valence-corrected chi connectivity index (χ3v) is 4.56. The molecular weight excluding hydrogens is 289 g/mol. The van der Waals surface area contributed by atoms with Crippen molar-refractivity contribution in [3.8, 4) is 12.1 Å². The summed E-state index contributed by atoms with van der Waals surface area (Å²) in [5, 5.41) is 18.5. The van der Waals surface area contributed by atoms with Gasteiger partial charge in [0.1, 0.15) is 27.6 Å². The molecule has 8 heteroatoms. The lowest BCUT2D eigenvalue weighted by Crippen LogP contribution is -2.38. The van der Waals surface area contributed by atoms with E-state index in [9.17, 15) is 13.2 Å². The minimum Gasteiger partial charge on any atom is -0.396 e. The van der Waals surface area contributed by atoms with Gasteiger partial charge in [-0.3, -0.25) is 0 Å². The van der Waals surface area contributed by atoms with Crippen LogP contribution in [-0.2, 0) is 0 Å². The van der Waals surface area contributed by atoms with Crippen molar-refractivity contribution in [1.29, 1.82) is 10.5 Å². The normalized spacial score (nSPS) is 16.8. The highest BCUT2D eigenvalue weighted by Crippen LogP contribution is 2.41. The van der Waals surface area contributed by atoms with Gasteiger partial charge in [-0.1, -0.05) is 0 Å². The van der Waals surface area contributed by atoms with Crippen LogP contribution < -0.4 is 10.6 Å². The molecule has 1 aliphatic heterocycles. The topological polar surface area (TPSA) is 76.8 Å². The first-order valence-electron chi connectivity index (χ1n) is 5.92. The van der Waals surface area contributed by atoms with Crippen molar-refractivity contribution >= 4 is 22.0 Å². The molecule has 4 nitrogen and oxygen atoms in total. The number of nitrogens with two attached hydrogens (primary N) is 1. The smallest absolute Gasteiger partial charge is 0.391 e. The fraction of sp³-hybridized carbons (Fsp3) is 0.500. The van der Waals surface area contributed by atoms with Crippen molar-refractivity contribution in [2.45, 2.75) is 19.0 Å². The molecule has 0 atom stereocenters. The van der Waals surface area contributed by atoms with Crippen LogP contribution in [0, 0.1) is 28.6 Å². The summed E-state index contributed by atoms with van der Waals surface area (Å²) in [6, 6.07) is 3.83. The zero-order valence-corrected chi connectivity index (χ0v) is 11.2. The molecule has 1 aliphatic rings. The number of halogens is 3. The largest absolute Gasteiger partial charge is 0.396 e. The van der Waals surface area contributed by atoms with Crippen LogP contribution in [0.4, 0.5) is 23.9 Å². The molecule has 2 heterocycles. The number of thiophene rings is 1. The zero-order valence-electron chi connectivity index (χ0n) is 10.4. The fourth-order valence-electron chi connectivity index (χ4n) is 2.26. The number of nitriles is 2. The Hall–Kier alpha value is -1.93. The lowest BCUT2D eigenvalue weighted by Gasteiger charge is -2.33. The van der Waals surface area contributed by atoms with Crippen molar-refractivity contribution in [2.24, 2.45) is 5.92 Å². The van der Waals surface area contributed by atoms with Crippen LogP contribution >= 0.6 is 11.3 Å². The second-order valence-corrected chi connectivity index (χ2v) is 5.55. The molecule has 0 aliphatic carbocycles. The molecule has 1 aromatic heterocycles. The predicted molar refractivity (Wildman–Crippen MR) is 69.2 cm³/mol. The molecule has 1 fully saturated rings. The summed E-state index contributed by atoms with van der Waals surface area (Å²) in [5.74, 6) is -1.29. The van der Waals surface area contributed by atoms with Crippen molar-refractivity contribution < 1.29 is 13.2 Å². The number of rotatable bonds is 1. The Kier molecular flexibility index (Phi) is 3.78. The quantitative estimate of drug-likeness (QED) is 0.865. The van der Waals surface area contributed by atoms with E-state index in [0.717, 1.165) is 11.3 Å². The van der Waals surface area contributed by atoms with Gasteiger partial charge in [0.05, 0.1) is 11.6 Å². The summed E-state index contributed by atoms with van der Waals surface area (Å²) in [4.78, 5) is 1.94. The average molecular weight is 300 g/mol. The molecule has 0 saturated carbocycles. The Labute approximate surface area is 117 Å². The van der Waals surface area contributed by atoms with E-state index < -0.39 is 12.1 Å². The molecule has 2 N–H and O–H groups in total. The van der Waals surface area contributed by atoms with Gasteiger partial charge in [0, 0.05) is 13.1 Å². The number of alkyl halides is 3. The van der Waals surface area contributed by atoms with Crippen molar-refractivity contribution in [2.75, 3.05) is 23.7 Å². The lowest BCUT2D eigenvalue weighted by atomic mass is 9.96. The Bertz CT molecular complexity index is 586. The van der Waals surface area contributed by atoms with E-state index in [1.54, 1.807) is 4.90 Å². The van der Waals surface area contributed by atoms with E-state index >= 15 is 0 Å². The van der Waals surface area contributed by atoms with Crippen LogP contribution in [0.1, 0.15) is 23.3 Å². The zero-order chi connectivity index (χ0) is 14.9. The van der Waals surface area contributed by atoms with Gasteiger partial charge in [-0.2, -0.15) is 23.7 Å². The number of nitrogen functional groups attached to an aromatic ring is 1. The highest BCUT2D eigenvalue weighted by Gasteiger charge is 2.41. The molecule has 1 aromatic rings. The Morgan fingerprint density at radius 3 is 2.25 bits per heavy atom. The van der Waals surface area contributed by atoms with Gasteiger partial charge in [-0.05, 0) is 12.8 Å². The summed E-state index contributed by atoms with van der Waals surface area (Å²) in [6.45, 7) is 0.424. The number of hydrogen-bond donors (Lipinski definition) is 1. The second kappa shape index (κ2) is 5.22. The van der Waals surface area contributed by atoms with E-state index in [-0.39, 0.29) is 42.1 Å². The van der Waals surface area contributed by atoms with Crippen LogP contribution in [0.3, 0.4) is 0 Å². The minimum atomic E-state index is -4.17. The van der Waals surface area contributed by atoms with E-state index in [1.165, 1.54) is 0 Å². The van der Waals surface area contributed by atoms with E-state index in [4.69, 9.17) is 16.3 Å². The summed E-state index contributed by atoms with van der Waals surface area (Å²) in [5.41, 5.74) is 6.00. The Balaban J connectivity index is 2.20. The SMILES string of the molecule is N#Cc1sc(N2CCC(C(F)(F)F)CC2)c(C#N)c1N. The van der Waals surface area contributed by atoms with Gasteiger partial charge < -0.3 is 10.6 Å². The van der Waals surface area contributed by atoms with Gasteiger partial charge in [0.25, 0.3) is 0 Å². The summed E-state index contributed by atoms with van der Waals surface area (Å²) >= 11 is 1.06.